The number of Topliss-reactive ketones (excluding diaryl/α,β-unsaturated/α-hetero) is 2. The van der Waals surface area contributed by atoms with Crippen molar-refractivity contribution in [2.24, 2.45) is 32.5 Å². The lowest BCUT2D eigenvalue weighted by Crippen LogP contribution is -2.62. The Kier molecular flexibility index (Phi) is 10.3. The summed E-state index contributed by atoms with van der Waals surface area (Å²) < 4.78 is 105. The number of fused-ring (bicyclic) bond motifs is 12. The van der Waals surface area contributed by atoms with Crippen LogP contribution in [0.25, 0.3) is 0 Å². The van der Waals surface area contributed by atoms with Crippen molar-refractivity contribution in [3.8, 4) is 0 Å². The van der Waals surface area contributed by atoms with E-state index in [1.54, 1.807) is 9.80 Å². The third-order valence-electron chi connectivity index (χ3n) is 14.1. The molecule has 0 radical (unpaired) electrons. The summed E-state index contributed by atoms with van der Waals surface area (Å²) in [4.78, 5) is 59.5. The van der Waals surface area contributed by atoms with Gasteiger partial charge in [0.05, 0.1) is 54.6 Å². The maximum atomic E-state index is 14.3. The monoisotopic (exact) mass is 1050 g/mol. The zero-order valence-electron chi connectivity index (χ0n) is 35.0. The van der Waals surface area contributed by atoms with Crippen molar-refractivity contribution in [2.45, 2.75) is 98.2 Å². The van der Waals surface area contributed by atoms with E-state index in [0.717, 1.165) is 44.4 Å². The molecule has 0 aromatic carbocycles. The van der Waals surface area contributed by atoms with Gasteiger partial charge in [-0.15, -0.1) is 31.5 Å². The number of amidine groups is 2. The van der Waals surface area contributed by atoms with Crippen molar-refractivity contribution < 1.29 is 53.9 Å². The number of hydrogen-bond acceptors (Lipinski definition) is 18. The number of sulfonamides is 3. The lowest BCUT2D eigenvalue weighted by Gasteiger charge is -2.43. The Bertz CT molecular complexity index is 3000. The molecule has 2 amide bonds. The van der Waals surface area contributed by atoms with E-state index < -0.39 is 115 Å². The largest absolute Gasteiger partial charge is 0.372 e. The molecule has 19 nitrogen and oxygen atoms in total. The fraction of sp³-hybridized carbons (Fsp3) is 0.463. The smallest absolute Gasteiger partial charge is 0.287 e. The van der Waals surface area contributed by atoms with Crippen LogP contribution in [-0.2, 0) is 84.9 Å². The number of carbonyl (C=O) groups excluding carboxylic acids is 4. The molecule has 10 atom stereocenters. The van der Waals surface area contributed by atoms with Crippen LogP contribution in [0, 0.1) is 23.7 Å². The highest BCUT2D eigenvalue weighted by molar-refractivity contribution is 7.91. The van der Waals surface area contributed by atoms with Crippen LogP contribution >= 0.6 is 45.3 Å². The predicted molar refractivity (Wildman–Crippen MR) is 246 cm³/mol. The maximum Gasteiger partial charge on any atom is 0.287 e. The molecule has 6 saturated heterocycles. The van der Waals surface area contributed by atoms with Crippen molar-refractivity contribution in [1.82, 2.24) is 14.1 Å². The summed E-state index contributed by atoms with van der Waals surface area (Å²) in [5.74, 6) is -7.21. The SMILES string of the molecule is CS(=O)(=O)N(Cc1csc2c1S(=O)(=O)N=C(C1C(=O)C3C4CCC(O4)C3N(Cc3ccsc3)C1=O)N2)Cc1csc2c1S(=O)(=O)N=C(C1C(=O)C3C4CCC(O4)C3N(Cc3ccsc3)C1=O)N2. The van der Waals surface area contributed by atoms with Gasteiger partial charge in [0.15, 0.2) is 23.4 Å². The average Bonchev–Trinajstić information content (AvgIpc) is 4.12. The van der Waals surface area contributed by atoms with Gasteiger partial charge in [-0.05, 0) is 81.2 Å². The highest BCUT2D eigenvalue weighted by Crippen LogP contribution is 2.50. The first-order valence-corrected chi connectivity index (χ1v) is 29.8. The van der Waals surface area contributed by atoms with E-state index in [1.165, 1.54) is 33.4 Å². The standard InChI is InChI=1S/C41H39N7O12S7/c1-65(53,54)46(12-20-16-63-38-34(20)66(55,56)44-36(42-38)28-32(49)26-22-2-4-24(59-22)30(26)47(40(28)51)10-18-6-8-61-14-18)13-21-17-64-39-35(21)67(57,58)45-37(43-39)29-33(50)27-23-3-5-25(60-23)31(27)48(41(29)52)11-19-7-9-62-15-19/h6-9,14-17,22-31H,2-5,10-13H2,1H3,(H,42,44)(H,43,45). The lowest BCUT2D eigenvalue weighted by molar-refractivity contribution is -0.153. The molecule has 6 fully saturated rings. The number of ether oxygens (including phenoxy) is 2. The molecule has 12 heterocycles. The van der Waals surface area contributed by atoms with E-state index in [2.05, 4.69) is 19.4 Å². The van der Waals surface area contributed by atoms with E-state index in [1.807, 2.05) is 33.7 Å². The molecule has 8 aliphatic rings. The number of carbonyl (C=O) groups is 4. The van der Waals surface area contributed by atoms with Gasteiger partial charge in [-0.1, -0.05) is 0 Å². The van der Waals surface area contributed by atoms with E-state index >= 15 is 0 Å². The first-order valence-electron chi connectivity index (χ1n) is 21.4. The van der Waals surface area contributed by atoms with Crippen molar-refractivity contribution in [3.05, 3.63) is 66.7 Å². The van der Waals surface area contributed by atoms with Crippen LogP contribution in [-0.4, -0.2) is 117 Å². The fourth-order valence-electron chi connectivity index (χ4n) is 11.4. The van der Waals surface area contributed by atoms with E-state index in [4.69, 9.17) is 9.47 Å². The Morgan fingerprint density at radius 2 is 1.09 bits per heavy atom. The fourth-order valence-corrected chi connectivity index (χ4v) is 18.7. The highest BCUT2D eigenvalue weighted by Gasteiger charge is 2.64. The maximum absolute atomic E-state index is 14.3. The number of ketones is 2. The molecular formula is C41H39N7O12S7. The number of amides is 2. The summed E-state index contributed by atoms with van der Waals surface area (Å²) >= 11 is 4.79. The molecule has 352 valence electrons. The molecule has 0 saturated carbocycles. The lowest BCUT2D eigenvalue weighted by atomic mass is 9.73. The molecule has 2 N–H and O–H groups in total. The first kappa shape index (κ1) is 44.0. The summed E-state index contributed by atoms with van der Waals surface area (Å²) in [5.41, 5.74) is 1.78. The molecule has 12 rings (SSSR count). The van der Waals surface area contributed by atoms with Crippen LogP contribution in [0.2, 0.25) is 0 Å². The second-order valence-corrected chi connectivity index (χ2v) is 26.4. The minimum absolute atomic E-state index is 0.0253. The topological polar surface area (TPSA) is 248 Å². The first-order chi connectivity index (χ1) is 32.0. The molecule has 0 aliphatic carbocycles. The van der Waals surface area contributed by atoms with Crippen LogP contribution in [0.4, 0.5) is 10.0 Å². The highest BCUT2D eigenvalue weighted by atomic mass is 32.2. The van der Waals surface area contributed by atoms with Gasteiger partial charge in [0.2, 0.25) is 21.8 Å². The van der Waals surface area contributed by atoms with Gasteiger partial charge in [0.25, 0.3) is 20.0 Å². The van der Waals surface area contributed by atoms with Gasteiger partial charge >= 0.3 is 0 Å². The van der Waals surface area contributed by atoms with Crippen LogP contribution in [0.3, 0.4) is 0 Å². The Morgan fingerprint density at radius 1 is 0.672 bits per heavy atom. The van der Waals surface area contributed by atoms with E-state index in [0.29, 0.717) is 25.7 Å². The Labute approximate surface area is 400 Å². The summed E-state index contributed by atoms with van der Waals surface area (Å²) in [6.07, 6.45) is 2.14. The summed E-state index contributed by atoms with van der Waals surface area (Å²) in [6.45, 7) is -0.637. The number of anilines is 2. The molecule has 67 heavy (non-hydrogen) atoms. The van der Waals surface area contributed by atoms with Gasteiger partial charge in [-0.2, -0.15) is 43.8 Å². The van der Waals surface area contributed by atoms with Crippen LogP contribution < -0.4 is 10.6 Å². The van der Waals surface area contributed by atoms with Crippen LogP contribution in [0.1, 0.15) is 47.9 Å². The Balaban J connectivity index is 0.809. The minimum Gasteiger partial charge on any atom is -0.372 e. The molecule has 10 unspecified atom stereocenters. The van der Waals surface area contributed by atoms with E-state index in [-0.39, 0.29) is 67.9 Å². The van der Waals surface area contributed by atoms with Gasteiger partial charge in [-0.3, -0.25) is 19.2 Å². The number of piperidine rings is 2. The molecule has 4 aromatic rings. The normalized spacial score (nSPS) is 32.1. The van der Waals surface area contributed by atoms with Crippen molar-refractivity contribution >= 4 is 120 Å². The quantitative estimate of drug-likeness (QED) is 0.204. The number of nitrogens with zero attached hydrogens (tertiary/aromatic N) is 5. The van der Waals surface area contributed by atoms with Gasteiger partial charge < -0.3 is 29.9 Å². The third kappa shape index (κ3) is 6.98. The van der Waals surface area contributed by atoms with Gasteiger partial charge in [-0.25, -0.2) is 8.42 Å². The third-order valence-corrected chi connectivity index (χ3v) is 21.8. The zero-order valence-corrected chi connectivity index (χ0v) is 40.8. The van der Waals surface area contributed by atoms with Crippen molar-refractivity contribution in [2.75, 3.05) is 16.9 Å². The molecule has 26 heteroatoms. The summed E-state index contributed by atoms with van der Waals surface area (Å²) in [6, 6.07) is 2.79. The molecular weight excluding hydrogens is 1010 g/mol. The zero-order chi connectivity index (χ0) is 46.5. The number of rotatable bonds is 11. The number of thiophene rings is 4. The molecule has 4 aromatic heterocycles. The van der Waals surface area contributed by atoms with Gasteiger partial charge in [0, 0.05) is 37.3 Å². The molecule has 8 aliphatic heterocycles. The van der Waals surface area contributed by atoms with Crippen LogP contribution in [0.15, 0.2) is 63.0 Å². The van der Waals surface area contributed by atoms with E-state index in [9.17, 15) is 44.4 Å². The van der Waals surface area contributed by atoms with Crippen LogP contribution in [0.5, 0.6) is 0 Å². The second-order valence-electron chi connectivity index (χ2n) is 18.0. The summed E-state index contributed by atoms with van der Waals surface area (Å²) in [7, 11) is -13.5. The number of likely N-dealkylation sites (tertiary alicyclic amines) is 2. The number of nitrogens with one attached hydrogen (secondary N) is 2. The van der Waals surface area contributed by atoms with Gasteiger partial charge in [0.1, 0.15) is 31.5 Å². The molecule has 0 spiro atoms. The van der Waals surface area contributed by atoms with Crippen molar-refractivity contribution in [1.29, 1.82) is 0 Å². The summed E-state index contributed by atoms with van der Waals surface area (Å²) in [5, 5.41) is 16.4. The predicted octanol–water partition coefficient (Wildman–Crippen LogP) is 3.47. The number of hydrogen-bond donors (Lipinski definition) is 2. The Hall–Kier alpha value is -4.25. The second kappa shape index (κ2) is 15.6. The van der Waals surface area contributed by atoms with Crippen molar-refractivity contribution in [3.63, 3.8) is 0 Å². The molecule has 4 bridgehead atoms. The Morgan fingerprint density at radius 3 is 1.48 bits per heavy atom. The minimum atomic E-state index is -4.64. The average molecular weight is 1050 g/mol.